The number of aromatic nitrogens is 8. The van der Waals surface area contributed by atoms with Crippen molar-refractivity contribution in [2.75, 3.05) is 31.0 Å². The Labute approximate surface area is 349 Å². The van der Waals surface area contributed by atoms with Crippen LogP contribution in [0, 0.1) is 13.8 Å². The summed E-state index contributed by atoms with van der Waals surface area (Å²) >= 11 is 0. The van der Waals surface area contributed by atoms with Gasteiger partial charge in [-0.25, -0.2) is 9.97 Å². The van der Waals surface area contributed by atoms with Gasteiger partial charge in [-0.05, 0) is 76.1 Å². The number of rotatable bonds is 20. The molecule has 0 saturated carbocycles. The number of primary amides is 2. The largest absolute Gasteiger partial charge is 0.491 e. The number of carbonyl (C=O) groups excluding carboxylic acids is 4. The standard InChI is InChI=1S/C41H48N12O8/c1-6-52-30(17-23(3)48-52)38(58)46-40-44-28-20-26(36(42)56)19-25(11-12-33(54)55)34(28)50(40)13-8-9-14-51-35-29(21-27(37(43)57)22-32(35)61-16-10-15-60-5)45-41(51)47-39(59)31-18-24(4)49-53(31)7-2/h8-9,17-22H,6-7,10-16H2,1-5H3,(H2,42,56)(H2,43,57)(H,54,55)(H,44,46,58)(H,45,47,59)/b9-8+. The quantitative estimate of drug-likeness (QED) is 0.0543. The molecule has 0 unspecified atom stereocenters. The van der Waals surface area contributed by atoms with Crippen LogP contribution in [0.3, 0.4) is 0 Å². The van der Waals surface area contributed by atoms with E-state index >= 15 is 0 Å². The Bertz CT molecular complexity index is 2680. The molecule has 0 aliphatic rings. The average Bonchev–Trinajstić information content (AvgIpc) is 3.99. The number of aliphatic carboxylic acids is 1. The lowest BCUT2D eigenvalue weighted by molar-refractivity contribution is -0.136. The number of amides is 4. The van der Waals surface area contributed by atoms with E-state index in [1.165, 1.54) is 24.3 Å². The highest BCUT2D eigenvalue weighted by atomic mass is 16.5. The molecule has 0 bridgehead atoms. The molecule has 6 aromatic rings. The van der Waals surface area contributed by atoms with Gasteiger partial charge in [0.05, 0.1) is 34.5 Å². The van der Waals surface area contributed by atoms with Gasteiger partial charge in [0.2, 0.25) is 23.7 Å². The molecule has 4 heterocycles. The first-order chi connectivity index (χ1) is 29.2. The maximum Gasteiger partial charge on any atom is 0.303 e. The number of nitrogens with one attached hydrogen (secondary N) is 2. The first-order valence-electron chi connectivity index (χ1n) is 19.6. The molecular formula is C41H48N12O8. The van der Waals surface area contributed by atoms with Crippen molar-refractivity contribution >= 4 is 63.6 Å². The normalized spacial score (nSPS) is 11.5. The van der Waals surface area contributed by atoms with Crippen molar-refractivity contribution < 1.29 is 38.6 Å². The molecule has 61 heavy (non-hydrogen) atoms. The minimum Gasteiger partial charge on any atom is -0.491 e. The third kappa shape index (κ3) is 9.59. The predicted molar refractivity (Wildman–Crippen MR) is 225 cm³/mol. The molecule has 4 amide bonds. The van der Waals surface area contributed by atoms with E-state index in [1.54, 1.807) is 63.7 Å². The smallest absolute Gasteiger partial charge is 0.303 e. The molecule has 7 N–H and O–H groups in total. The summed E-state index contributed by atoms with van der Waals surface area (Å²) in [6.45, 7) is 9.07. The molecule has 320 valence electrons. The summed E-state index contributed by atoms with van der Waals surface area (Å²) < 4.78 is 17.9. The highest BCUT2D eigenvalue weighted by Crippen LogP contribution is 2.32. The number of benzene rings is 2. The Morgan fingerprint density at radius 2 is 1.25 bits per heavy atom. The number of methoxy groups -OCH3 is 1. The number of imidazole rings is 2. The van der Waals surface area contributed by atoms with E-state index < -0.39 is 29.6 Å². The van der Waals surface area contributed by atoms with Crippen molar-refractivity contribution in [3.05, 3.63) is 88.0 Å². The molecular weight excluding hydrogens is 789 g/mol. The van der Waals surface area contributed by atoms with Crippen LogP contribution in [0.5, 0.6) is 5.75 Å². The van der Waals surface area contributed by atoms with Gasteiger partial charge in [0.15, 0.2) is 0 Å². The Kier molecular flexibility index (Phi) is 13.3. The summed E-state index contributed by atoms with van der Waals surface area (Å²) in [4.78, 5) is 73.3. The second kappa shape index (κ2) is 18.7. The van der Waals surface area contributed by atoms with Crippen LogP contribution in [0.2, 0.25) is 0 Å². The van der Waals surface area contributed by atoms with Gasteiger partial charge in [-0.15, -0.1) is 0 Å². The van der Waals surface area contributed by atoms with E-state index in [4.69, 9.17) is 25.9 Å². The zero-order valence-electron chi connectivity index (χ0n) is 34.5. The van der Waals surface area contributed by atoms with Crippen molar-refractivity contribution in [2.24, 2.45) is 11.5 Å². The number of aryl methyl sites for hydroxylation is 5. The number of nitrogens with zero attached hydrogens (tertiary/aromatic N) is 8. The SMILES string of the molecule is CCn1nc(C)cc1C(=O)Nc1nc2cc(C(N)=O)cc(CCC(=O)O)c2n1C/C=C/Cn1c(NC(=O)c2cc(C)nn2CC)nc2cc(C(N)=O)cc(OCCCOC)c21. The Balaban J connectivity index is 1.43. The van der Waals surface area contributed by atoms with E-state index in [2.05, 4.69) is 25.8 Å². The number of carbonyl (C=O) groups is 5. The topological polar surface area (TPSA) is 271 Å². The Morgan fingerprint density at radius 3 is 1.74 bits per heavy atom. The summed E-state index contributed by atoms with van der Waals surface area (Å²) in [5, 5.41) is 24.1. The minimum atomic E-state index is -1.05. The lowest BCUT2D eigenvalue weighted by atomic mass is 10.0. The van der Waals surface area contributed by atoms with Crippen molar-refractivity contribution in [3.8, 4) is 5.75 Å². The molecule has 0 radical (unpaired) electrons. The number of fused-ring (bicyclic) bond motifs is 2. The zero-order chi connectivity index (χ0) is 44.0. The summed E-state index contributed by atoms with van der Waals surface area (Å²) in [5.74, 6) is -2.84. The van der Waals surface area contributed by atoms with Crippen molar-refractivity contribution in [3.63, 3.8) is 0 Å². The highest BCUT2D eigenvalue weighted by Gasteiger charge is 2.24. The van der Waals surface area contributed by atoms with Crippen molar-refractivity contribution in [1.82, 2.24) is 38.7 Å². The number of carboxylic acid groups (broad SMARTS) is 1. The molecule has 20 nitrogen and oxygen atoms in total. The maximum absolute atomic E-state index is 13.7. The third-order valence-electron chi connectivity index (χ3n) is 9.72. The number of anilines is 2. The number of hydrogen-bond donors (Lipinski definition) is 5. The van der Waals surface area contributed by atoms with E-state index in [0.717, 1.165) is 0 Å². The molecule has 2 aromatic carbocycles. The van der Waals surface area contributed by atoms with Crippen LogP contribution in [0.25, 0.3) is 22.1 Å². The molecule has 0 saturated heterocycles. The first-order valence-corrected chi connectivity index (χ1v) is 19.6. The number of carboxylic acids is 1. The fraction of sp³-hybridized carbons (Fsp3) is 0.341. The molecule has 4 aromatic heterocycles. The van der Waals surface area contributed by atoms with Gasteiger partial charge in [-0.3, -0.25) is 44.0 Å². The number of hydrogen-bond acceptors (Lipinski definition) is 11. The van der Waals surface area contributed by atoms with Crippen LogP contribution in [0.4, 0.5) is 11.9 Å². The summed E-state index contributed by atoms with van der Waals surface area (Å²) in [5.41, 5.74) is 15.7. The van der Waals surface area contributed by atoms with E-state index in [1.807, 2.05) is 13.8 Å². The lowest BCUT2D eigenvalue weighted by Crippen LogP contribution is -2.20. The van der Waals surface area contributed by atoms with Crippen LogP contribution in [-0.4, -0.2) is 93.7 Å². The van der Waals surface area contributed by atoms with E-state index in [-0.39, 0.29) is 55.6 Å². The lowest BCUT2D eigenvalue weighted by Gasteiger charge is -2.13. The molecule has 6 rings (SSSR count). The third-order valence-corrected chi connectivity index (χ3v) is 9.72. The number of nitrogens with two attached hydrogens (primary N) is 2. The van der Waals surface area contributed by atoms with Crippen molar-refractivity contribution in [2.45, 2.75) is 73.1 Å². The van der Waals surface area contributed by atoms with Gasteiger partial charge in [-0.1, -0.05) is 12.2 Å². The minimum absolute atomic E-state index is 0.0402. The Hall–Kier alpha value is -7.35. The van der Waals surface area contributed by atoms with Gasteiger partial charge in [0, 0.05) is 63.9 Å². The second-order valence-electron chi connectivity index (χ2n) is 14.1. The zero-order valence-corrected chi connectivity index (χ0v) is 34.5. The summed E-state index contributed by atoms with van der Waals surface area (Å²) in [6, 6.07) is 9.39. The van der Waals surface area contributed by atoms with Gasteiger partial charge >= 0.3 is 5.97 Å². The fourth-order valence-corrected chi connectivity index (χ4v) is 6.97. The summed E-state index contributed by atoms with van der Waals surface area (Å²) in [6.07, 6.45) is 3.94. The number of allylic oxidation sites excluding steroid dienone is 2. The van der Waals surface area contributed by atoms with Crippen LogP contribution in [-0.2, 0) is 42.1 Å². The van der Waals surface area contributed by atoms with E-state index in [0.29, 0.717) is 82.3 Å². The van der Waals surface area contributed by atoms with Gasteiger partial charge in [0.25, 0.3) is 11.8 Å². The molecule has 0 aliphatic heterocycles. The summed E-state index contributed by atoms with van der Waals surface area (Å²) in [7, 11) is 1.58. The van der Waals surface area contributed by atoms with Crippen LogP contribution >= 0.6 is 0 Å². The molecule has 0 fully saturated rings. The van der Waals surface area contributed by atoms with Gasteiger partial charge in [-0.2, -0.15) is 10.2 Å². The van der Waals surface area contributed by atoms with Crippen LogP contribution in [0.1, 0.15) is 85.3 Å². The van der Waals surface area contributed by atoms with Crippen LogP contribution in [0.15, 0.2) is 48.6 Å². The van der Waals surface area contributed by atoms with Crippen molar-refractivity contribution in [1.29, 1.82) is 0 Å². The maximum atomic E-state index is 13.7. The van der Waals surface area contributed by atoms with Gasteiger partial charge in [0.1, 0.15) is 22.7 Å². The Morgan fingerprint density at radius 1 is 0.738 bits per heavy atom. The first kappa shape index (κ1) is 43.2. The second-order valence-corrected chi connectivity index (χ2v) is 14.1. The monoisotopic (exact) mass is 836 g/mol. The van der Waals surface area contributed by atoms with Gasteiger partial charge < -0.3 is 35.2 Å². The fourth-order valence-electron chi connectivity index (χ4n) is 6.97. The van der Waals surface area contributed by atoms with E-state index in [9.17, 15) is 29.1 Å². The number of ether oxygens (including phenoxy) is 2. The van der Waals surface area contributed by atoms with Crippen LogP contribution < -0.4 is 26.8 Å². The average molecular weight is 837 g/mol. The highest BCUT2D eigenvalue weighted by molar-refractivity contribution is 6.05. The molecule has 20 heteroatoms. The molecule has 0 spiro atoms. The molecule has 0 aliphatic carbocycles. The molecule has 0 atom stereocenters. The predicted octanol–water partition coefficient (Wildman–Crippen LogP) is 3.83.